The molecular weight excluding hydrogens is 260 g/mol. The van der Waals surface area contributed by atoms with Crippen LogP contribution in [0.25, 0.3) is 0 Å². The Kier molecular flexibility index (Phi) is 5.23. The van der Waals surface area contributed by atoms with Crippen molar-refractivity contribution in [1.29, 1.82) is 0 Å². The van der Waals surface area contributed by atoms with Crippen molar-refractivity contribution in [3.63, 3.8) is 0 Å². The second-order valence-electron chi connectivity index (χ2n) is 5.18. The Balaban J connectivity index is 1.82. The van der Waals surface area contributed by atoms with Crippen molar-refractivity contribution in [1.82, 2.24) is 10.2 Å². The molecule has 1 atom stereocenters. The zero-order valence-electron chi connectivity index (χ0n) is 11.4. The molecule has 1 aliphatic heterocycles. The Bertz CT molecular complexity index is 436. The topological polar surface area (TPSA) is 32.3 Å². The normalized spacial score (nSPS) is 20.2. The van der Waals surface area contributed by atoms with E-state index in [4.69, 9.17) is 11.6 Å². The van der Waals surface area contributed by atoms with Crippen molar-refractivity contribution >= 4 is 17.5 Å². The Labute approximate surface area is 119 Å². The standard InChI is InChI=1S/C15H21ClN2O/c1-12(19)17-14-6-4-9-18(11-14)10-8-13-5-2-3-7-15(13)16/h2-3,5,7,14H,4,6,8-11H2,1H3,(H,17,19). The number of hydrogen-bond donors (Lipinski definition) is 1. The summed E-state index contributed by atoms with van der Waals surface area (Å²) in [5.41, 5.74) is 1.20. The lowest BCUT2D eigenvalue weighted by atomic mass is 10.0. The smallest absolute Gasteiger partial charge is 0.217 e. The number of nitrogens with zero attached hydrogens (tertiary/aromatic N) is 1. The summed E-state index contributed by atoms with van der Waals surface area (Å²) in [6.45, 7) is 4.65. The van der Waals surface area contributed by atoms with Gasteiger partial charge in [-0.15, -0.1) is 0 Å². The molecule has 104 valence electrons. The zero-order valence-corrected chi connectivity index (χ0v) is 12.1. The molecule has 3 nitrogen and oxygen atoms in total. The molecule has 0 aliphatic carbocycles. The number of benzene rings is 1. The third kappa shape index (κ3) is 4.51. The summed E-state index contributed by atoms with van der Waals surface area (Å²) in [5, 5.41) is 3.86. The van der Waals surface area contributed by atoms with E-state index in [2.05, 4.69) is 16.3 Å². The molecule has 0 spiro atoms. The highest BCUT2D eigenvalue weighted by Crippen LogP contribution is 2.17. The third-order valence-electron chi connectivity index (χ3n) is 3.57. The van der Waals surface area contributed by atoms with E-state index in [1.807, 2.05) is 18.2 Å². The highest BCUT2D eigenvalue weighted by Gasteiger charge is 2.20. The maximum Gasteiger partial charge on any atom is 0.217 e. The molecule has 1 amide bonds. The molecule has 1 aliphatic rings. The van der Waals surface area contributed by atoms with Crippen molar-refractivity contribution in [3.05, 3.63) is 34.9 Å². The monoisotopic (exact) mass is 280 g/mol. The average molecular weight is 281 g/mol. The zero-order chi connectivity index (χ0) is 13.7. The van der Waals surface area contributed by atoms with E-state index in [-0.39, 0.29) is 5.91 Å². The van der Waals surface area contributed by atoms with Gasteiger partial charge >= 0.3 is 0 Å². The summed E-state index contributed by atoms with van der Waals surface area (Å²) in [6, 6.07) is 8.31. The summed E-state index contributed by atoms with van der Waals surface area (Å²) in [5.74, 6) is 0.0675. The molecule has 1 aromatic rings. The van der Waals surface area contributed by atoms with Crippen LogP contribution in [0.4, 0.5) is 0 Å². The Hall–Kier alpha value is -1.06. The van der Waals surface area contributed by atoms with Gasteiger partial charge in [0.05, 0.1) is 0 Å². The molecular formula is C15H21ClN2O. The molecule has 0 bridgehead atoms. The van der Waals surface area contributed by atoms with Crippen LogP contribution < -0.4 is 5.32 Å². The van der Waals surface area contributed by atoms with Gasteiger partial charge in [0, 0.05) is 31.1 Å². The van der Waals surface area contributed by atoms with Gasteiger partial charge in [0.15, 0.2) is 0 Å². The molecule has 1 unspecified atom stereocenters. The number of likely N-dealkylation sites (tertiary alicyclic amines) is 1. The summed E-state index contributed by atoms with van der Waals surface area (Å²) >= 11 is 6.16. The fourth-order valence-corrected chi connectivity index (χ4v) is 2.87. The van der Waals surface area contributed by atoms with Gasteiger partial charge in [-0.3, -0.25) is 4.79 Å². The van der Waals surface area contributed by atoms with Crippen LogP contribution in [0.2, 0.25) is 5.02 Å². The number of hydrogen-bond acceptors (Lipinski definition) is 2. The van der Waals surface area contributed by atoms with Gasteiger partial charge in [-0.05, 0) is 37.4 Å². The first-order chi connectivity index (χ1) is 9.15. The lowest BCUT2D eigenvalue weighted by molar-refractivity contribution is -0.120. The first-order valence-corrected chi connectivity index (χ1v) is 7.26. The largest absolute Gasteiger partial charge is 0.352 e. The maximum atomic E-state index is 11.1. The summed E-state index contributed by atoms with van der Waals surface area (Å²) in [6.07, 6.45) is 3.20. The third-order valence-corrected chi connectivity index (χ3v) is 3.94. The van der Waals surface area contributed by atoms with Gasteiger partial charge in [-0.1, -0.05) is 29.8 Å². The van der Waals surface area contributed by atoms with Crippen molar-refractivity contribution in [3.8, 4) is 0 Å². The predicted molar refractivity (Wildman–Crippen MR) is 78.4 cm³/mol. The van der Waals surface area contributed by atoms with E-state index in [0.29, 0.717) is 6.04 Å². The second-order valence-corrected chi connectivity index (χ2v) is 5.59. The van der Waals surface area contributed by atoms with E-state index in [0.717, 1.165) is 43.9 Å². The van der Waals surface area contributed by atoms with Crippen LogP contribution in [0.3, 0.4) is 0 Å². The Morgan fingerprint density at radius 1 is 1.47 bits per heavy atom. The molecule has 1 fully saturated rings. The molecule has 1 N–H and O–H groups in total. The van der Waals surface area contributed by atoms with Crippen LogP contribution in [0.5, 0.6) is 0 Å². The number of piperidine rings is 1. The highest BCUT2D eigenvalue weighted by molar-refractivity contribution is 6.31. The van der Waals surface area contributed by atoms with E-state index >= 15 is 0 Å². The van der Waals surface area contributed by atoms with E-state index < -0.39 is 0 Å². The Morgan fingerprint density at radius 3 is 3.00 bits per heavy atom. The lowest BCUT2D eigenvalue weighted by Crippen LogP contribution is -2.47. The number of carbonyl (C=O) groups is 1. The van der Waals surface area contributed by atoms with Gasteiger partial charge in [-0.2, -0.15) is 0 Å². The lowest BCUT2D eigenvalue weighted by Gasteiger charge is -2.33. The number of nitrogens with one attached hydrogen (secondary N) is 1. The van der Waals surface area contributed by atoms with Crippen molar-refractivity contribution in [2.24, 2.45) is 0 Å². The van der Waals surface area contributed by atoms with Gasteiger partial charge in [0.1, 0.15) is 0 Å². The summed E-state index contributed by atoms with van der Waals surface area (Å²) < 4.78 is 0. The van der Waals surface area contributed by atoms with Crippen molar-refractivity contribution < 1.29 is 4.79 Å². The molecule has 1 aromatic carbocycles. The van der Waals surface area contributed by atoms with Gasteiger partial charge in [0.25, 0.3) is 0 Å². The van der Waals surface area contributed by atoms with Gasteiger partial charge in [0.2, 0.25) is 5.91 Å². The van der Waals surface area contributed by atoms with Crippen LogP contribution >= 0.6 is 11.6 Å². The van der Waals surface area contributed by atoms with Gasteiger partial charge < -0.3 is 10.2 Å². The molecule has 4 heteroatoms. The van der Waals surface area contributed by atoms with Crippen LogP contribution in [0.1, 0.15) is 25.3 Å². The minimum absolute atomic E-state index is 0.0675. The minimum atomic E-state index is 0.0675. The van der Waals surface area contributed by atoms with E-state index in [9.17, 15) is 4.79 Å². The predicted octanol–water partition coefficient (Wildman–Crippen LogP) is 2.48. The van der Waals surface area contributed by atoms with Crippen molar-refractivity contribution in [2.45, 2.75) is 32.2 Å². The summed E-state index contributed by atoms with van der Waals surface area (Å²) in [7, 11) is 0. The number of amides is 1. The molecule has 0 saturated carbocycles. The molecule has 19 heavy (non-hydrogen) atoms. The maximum absolute atomic E-state index is 11.1. The first kappa shape index (κ1) is 14.4. The van der Waals surface area contributed by atoms with Crippen LogP contribution in [0, 0.1) is 0 Å². The second kappa shape index (κ2) is 6.92. The summed E-state index contributed by atoms with van der Waals surface area (Å²) in [4.78, 5) is 13.5. The number of rotatable bonds is 4. The first-order valence-electron chi connectivity index (χ1n) is 6.88. The minimum Gasteiger partial charge on any atom is -0.352 e. The molecule has 2 rings (SSSR count). The number of carbonyl (C=O) groups excluding carboxylic acids is 1. The SMILES string of the molecule is CC(=O)NC1CCCN(CCc2ccccc2Cl)C1. The number of halogens is 1. The van der Waals surface area contributed by atoms with Crippen LogP contribution in [-0.4, -0.2) is 36.5 Å². The molecule has 0 aromatic heterocycles. The fraction of sp³-hybridized carbons (Fsp3) is 0.533. The van der Waals surface area contributed by atoms with Crippen molar-refractivity contribution in [2.75, 3.05) is 19.6 Å². The molecule has 1 heterocycles. The van der Waals surface area contributed by atoms with Gasteiger partial charge in [-0.25, -0.2) is 0 Å². The van der Waals surface area contributed by atoms with Crippen LogP contribution in [-0.2, 0) is 11.2 Å². The highest BCUT2D eigenvalue weighted by atomic mass is 35.5. The quantitative estimate of drug-likeness (QED) is 0.919. The van der Waals surface area contributed by atoms with Crippen LogP contribution in [0.15, 0.2) is 24.3 Å². The van der Waals surface area contributed by atoms with E-state index in [1.54, 1.807) is 6.92 Å². The molecule has 1 saturated heterocycles. The molecule has 0 radical (unpaired) electrons. The Morgan fingerprint density at radius 2 is 2.26 bits per heavy atom. The fourth-order valence-electron chi connectivity index (χ4n) is 2.64. The van der Waals surface area contributed by atoms with E-state index in [1.165, 1.54) is 5.56 Å². The average Bonchev–Trinajstić information content (AvgIpc) is 2.37.